The number of cyclic esters (lactones) is 1. The number of benzene rings is 1. The quantitative estimate of drug-likeness (QED) is 0.628. The maximum Gasteiger partial charge on any atom is 0.309 e. The zero-order valence-electron chi connectivity index (χ0n) is 17.0. The molecule has 0 bridgehead atoms. The van der Waals surface area contributed by atoms with E-state index in [0.29, 0.717) is 23.7 Å². The van der Waals surface area contributed by atoms with E-state index in [0.717, 1.165) is 23.4 Å². The van der Waals surface area contributed by atoms with Crippen LogP contribution >= 0.6 is 0 Å². The number of ether oxygens (including phenoxy) is 1. The van der Waals surface area contributed by atoms with Crippen LogP contribution < -0.4 is 0 Å². The number of rotatable bonds is 3. The molecule has 150 valence electrons. The number of allylic oxidation sites excluding steroid dienone is 1. The number of carbonyl (C=O) groups is 1. The molecule has 3 nitrogen and oxygen atoms in total. The summed E-state index contributed by atoms with van der Waals surface area (Å²) in [5.74, 6) is 2.19. The highest BCUT2D eigenvalue weighted by Crippen LogP contribution is 2.53. The highest BCUT2D eigenvalue weighted by Gasteiger charge is 2.53. The van der Waals surface area contributed by atoms with E-state index in [2.05, 4.69) is 49.4 Å². The molecule has 3 fully saturated rings. The van der Waals surface area contributed by atoms with Crippen LogP contribution in [0.25, 0.3) is 17.3 Å². The molecule has 1 aliphatic heterocycles. The van der Waals surface area contributed by atoms with Crippen LogP contribution in [0.2, 0.25) is 0 Å². The van der Waals surface area contributed by atoms with E-state index in [-0.39, 0.29) is 18.0 Å². The summed E-state index contributed by atoms with van der Waals surface area (Å²) >= 11 is 0. The summed E-state index contributed by atoms with van der Waals surface area (Å²) in [7, 11) is 0. The van der Waals surface area contributed by atoms with Crippen LogP contribution in [0.1, 0.15) is 44.7 Å². The van der Waals surface area contributed by atoms with Gasteiger partial charge in [-0.2, -0.15) is 0 Å². The van der Waals surface area contributed by atoms with Crippen LogP contribution in [-0.2, 0) is 9.53 Å². The van der Waals surface area contributed by atoms with Gasteiger partial charge in [0.1, 0.15) is 6.10 Å². The molecule has 2 saturated carbocycles. The van der Waals surface area contributed by atoms with Crippen LogP contribution in [0.15, 0.2) is 54.6 Å². The zero-order valence-corrected chi connectivity index (χ0v) is 17.0. The standard InChI is InChI=1S/C26H29NO2/c1-17-25-22(21-12-6-5-10-19(21)16-23(25)26(28)29-17)15-14-20-11-7-13-24(27-20)18-8-3-2-4-9-18/h2-4,7-9,11,13-15,17,19,21-23,25H,5-6,10,12,16H2,1H3/t17-,19+,21-,22+,23-,25+/m0/s1. The van der Waals surface area contributed by atoms with Crippen LogP contribution in [0.4, 0.5) is 0 Å². The second kappa shape index (κ2) is 7.78. The third-order valence-electron chi connectivity index (χ3n) is 7.40. The number of nitrogens with zero attached hydrogens (tertiary/aromatic N) is 1. The zero-order chi connectivity index (χ0) is 19.8. The molecule has 1 aromatic carbocycles. The number of aromatic nitrogens is 1. The average Bonchev–Trinajstić information content (AvgIpc) is 3.05. The fourth-order valence-electron chi connectivity index (χ4n) is 6.11. The lowest BCUT2D eigenvalue weighted by Crippen LogP contribution is -2.42. The van der Waals surface area contributed by atoms with E-state index in [1.54, 1.807) is 0 Å². The Bertz CT molecular complexity index is 906. The Morgan fingerprint density at radius 3 is 2.72 bits per heavy atom. The molecule has 3 aliphatic rings. The molecule has 0 spiro atoms. The molecule has 29 heavy (non-hydrogen) atoms. The van der Waals surface area contributed by atoms with Crippen molar-refractivity contribution in [1.29, 1.82) is 0 Å². The summed E-state index contributed by atoms with van der Waals surface area (Å²) in [6, 6.07) is 16.5. The summed E-state index contributed by atoms with van der Waals surface area (Å²) in [5.41, 5.74) is 3.12. The van der Waals surface area contributed by atoms with E-state index in [1.807, 2.05) is 18.2 Å². The molecule has 2 heterocycles. The normalized spacial score (nSPS) is 33.9. The molecule has 5 rings (SSSR count). The van der Waals surface area contributed by atoms with Crippen molar-refractivity contribution in [3.63, 3.8) is 0 Å². The van der Waals surface area contributed by atoms with Gasteiger partial charge in [-0.15, -0.1) is 0 Å². The smallest absolute Gasteiger partial charge is 0.309 e. The number of hydrogen-bond donors (Lipinski definition) is 0. The fourth-order valence-corrected chi connectivity index (χ4v) is 6.11. The first-order valence-corrected chi connectivity index (χ1v) is 11.1. The third-order valence-corrected chi connectivity index (χ3v) is 7.40. The molecule has 1 aromatic heterocycles. The molecule has 1 saturated heterocycles. The Labute approximate surface area is 173 Å². The van der Waals surface area contributed by atoms with Gasteiger partial charge < -0.3 is 4.74 Å². The van der Waals surface area contributed by atoms with Crippen molar-refractivity contribution in [2.75, 3.05) is 0 Å². The minimum atomic E-state index is 0.0219. The van der Waals surface area contributed by atoms with Gasteiger partial charge in [0.15, 0.2) is 0 Å². The van der Waals surface area contributed by atoms with E-state index < -0.39 is 0 Å². The number of hydrogen-bond acceptors (Lipinski definition) is 3. The monoisotopic (exact) mass is 387 g/mol. The van der Waals surface area contributed by atoms with Gasteiger partial charge in [0.25, 0.3) is 0 Å². The first kappa shape index (κ1) is 18.6. The second-order valence-electron chi connectivity index (χ2n) is 9.02. The van der Waals surface area contributed by atoms with Gasteiger partial charge in [-0.05, 0) is 55.7 Å². The molecule has 0 radical (unpaired) electrons. The van der Waals surface area contributed by atoms with Crippen LogP contribution in [0.3, 0.4) is 0 Å². The number of fused-ring (bicyclic) bond motifs is 2. The predicted octanol–water partition coefficient (Wildman–Crippen LogP) is 5.77. The lowest BCUT2D eigenvalue weighted by molar-refractivity contribution is -0.144. The molecule has 3 heteroatoms. The van der Waals surface area contributed by atoms with Crippen molar-refractivity contribution >= 4 is 12.0 Å². The van der Waals surface area contributed by atoms with Crippen molar-refractivity contribution in [3.8, 4) is 11.3 Å². The fraction of sp³-hybridized carbons (Fsp3) is 0.462. The van der Waals surface area contributed by atoms with Crippen LogP contribution in [0.5, 0.6) is 0 Å². The van der Waals surface area contributed by atoms with Crippen molar-refractivity contribution in [2.24, 2.45) is 29.6 Å². The Kier molecular flexibility index (Phi) is 4.99. The van der Waals surface area contributed by atoms with Crippen molar-refractivity contribution in [2.45, 2.75) is 45.1 Å². The summed E-state index contributed by atoms with van der Waals surface area (Å²) in [6.45, 7) is 2.08. The minimum Gasteiger partial charge on any atom is -0.462 e. The molecular formula is C26H29NO2. The number of carbonyl (C=O) groups excluding carboxylic acids is 1. The van der Waals surface area contributed by atoms with Gasteiger partial charge in [-0.25, -0.2) is 4.98 Å². The van der Waals surface area contributed by atoms with E-state index in [1.165, 1.54) is 25.7 Å². The number of esters is 1. The molecule has 6 atom stereocenters. The SMILES string of the molecule is C[C@@H]1OC(=O)[C@H]2C[C@H]3CCCC[C@@H]3[C@@H](C=Cc3cccc(-c4ccccc4)n3)[C@@H]12. The van der Waals surface area contributed by atoms with Gasteiger partial charge in [-0.1, -0.05) is 61.7 Å². The summed E-state index contributed by atoms with van der Waals surface area (Å²) in [4.78, 5) is 17.3. The highest BCUT2D eigenvalue weighted by molar-refractivity contribution is 5.75. The van der Waals surface area contributed by atoms with Crippen molar-refractivity contribution in [3.05, 3.63) is 60.3 Å². The van der Waals surface area contributed by atoms with Crippen molar-refractivity contribution in [1.82, 2.24) is 4.98 Å². The summed E-state index contributed by atoms with van der Waals surface area (Å²) in [5, 5.41) is 0. The van der Waals surface area contributed by atoms with Gasteiger partial charge in [-0.3, -0.25) is 4.79 Å². The Hall–Kier alpha value is -2.42. The van der Waals surface area contributed by atoms with E-state index >= 15 is 0 Å². The van der Waals surface area contributed by atoms with Gasteiger partial charge in [0.05, 0.1) is 17.3 Å². The molecule has 0 unspecified atom stereocenters. The third kappa shape index (κ3) is 3.52. The lowest BCUT2D eigenvalue weighted by Gasteiger charge is -2.45. The molecule has 0 N–H and O–H groups in total. The highest BCUT2D eigenvalue weighted by atomic mass is 16.6. The van der Waals surface area contributed by atoms with Gasteiger partial charge in [0.2, 0.25) is 0 Å². The topological polar surface area (TPSA) is 39.2 Å². The van der Waals surface area contributed by atoms with E-state index in [4.69, 9.17) is 9.72 Å². The molecule has 0 amide bonds. The maximum atomic E-state index is 12.5. The largest absolute Gasteiger partial charge is 0.462 e. The summed E-state index contributed by atoms with van der Waals surface area (Å²) < 4.78 is 5.69. The lowest BCUT2D eigenvalue weighted by atomic mass is 9.57. The first-order chi connectivity index (χ1) is 14.2. The average molecular weight is 388 g/mol. The van der Waals surface area contributed by atoms with Gasteiger partial charge >= 0.3 is 5.97 Å². The number of pyridine rings is 1. The molecular weight excluding hydrogens is 358 g/mol. The predicted molar refractivity (Wildman–Crippen MR) is 115 cm³/mol. The van der Waals surface area contributed by atoms with Crippen LogP contribution in [-0.4, -0.2) is 17.1 Å². The first-order valence-electron chi connectivity index (χ1n) is 11.1. The Balaban J connectivity index is 1.44. The van der Waals surface area contributed by atoms with E-state index in [9.17, 15) is 4.79 Å². The molecule has 2 aromatic rings. The Morgan fingerprint density at radius 2 is 1.86 bits per heavy atom. The Morgan fingerprint density at radius 1 is 1.03 bits per heavy atom. The van der Waals surface area contributed by atoms with Gasteiger partial charge in [0, 0.05) is 11.5 Å². The second-order valence-corrected chi connectivity index (χ2v) is 9.02. The van der Waals surface area contributed by atoms with Crippen LogP contribution in [0, 0.1) is 29.6 Å². The van der Waals surface area contributed by atoms with Crippen molar-refractivity contribution < 1.29 is 9.53 Å². The molecule has 2 aliphatic carbocycles. The minimum absolute atomic E-state index is 0.0219. The summed E-state index contributed by atoms with van der Waals surface area (Å²) in [6.07, 6.45) is 10.8. The maximum absolute atomic E-state index is 12.5.